The van der Waals surface area contributed by atoms with Gasteiger partial charge < -0.3 is 19.3 Å². The Morgan fingerprint density at radius 1 is 1.29 bits per heavy atom. The van der Waals surface area contributed by atoms with E-state index in [9.17, 15) is 5.11 Å². The molecule has 0 saturated heterocycles. The second kappa shape index (κ2) is 5.10. The van der Waals surface area contributed by atoms with Crippen molar-refractivity contribution < 1.29 is 19.3 Å². The van der Waals surface area contributed by atoms with Gasteiger partial charge in [-0.2, -0.15) is 0 Å². The van der Waals surface area contributed by atoms with Crippen LogP contribution in [0.4, 0.5) is 0 Å². The van der Waals surface area contributed by atoms with Crippen LogP contribution in [0.3, 0.4) is 0 Å². The molecule has 0 aromatic heterocycles. The first-order valence-corrected chi connectivity index (χ1v) is 5.49. The highest BCUT2D eigenvalue weighted by Crippen LogP contribution is 2.38. The molecule has 0 amide bonds. The lowest BCUT2D eigenvalue weighted by Crippen LogP contribution is -2.05. The van der Waals surface area contributed by atoms with Crippen molar-refractivity contribution in [2.24, 2.45) is 0 Å². The Bertz CT molecular complexity index is 425. The van der Waals surface area contributed by atoms with Gasteiger partial charge in [-0.25, -0.2) is 0 Å². The molecule has 4 nitrogen and oxygen atoms in total. The van der Waals surface area contributed by atoms with Crippen molar-refractivity contribution in [3.05, 3.63) is 35.6 Å². The van der Waals surface area contributed by atoms with Crippen molar-refractivity contribution in [2.75, 3.05) is 20.8 Å². The highest BCUT2D eigenvalue weighted by molar-refractivity contribution is 5.49. The summed E-state index contributed by atoms with van der Waals surface area (Å²) < 4.78 is 15.8. The first kappa shape index (κ1) is 11.8. The van der Waals surface area contributed by atoms with Crippen molar-refractivity contribution in [3.63, 3.8) is 0 Å². The highest BCUT2D eigenvalue weighted by Gasteiger charge is 2.23. The fourth-order valence-corrected chi connectivity index (χ4v) is 1.91. The molecule has 4 heteroatoms. The summed E-state index contributed by atoms with van der Waals surface area (Å²) >= 11 is 0. The zero-order valence-electron chi connectivity index (χ0n) is 9.97. The fourth-order valence-electron chi connectivity index (χ4n) is 1.91. The molecule has 17 heavy (non-hydrogen) atoms. The first-order chi connectivity index (χ1) is 8.27. The highest BCUT2D eigenvalue weighted by atomic mass is 16.5. The summed E-state index contributed by atoms with van der Waals surface area (Å²) in [6, 6.07) is 5.41. The van der Waals surface area contributed by atoms with Crippen LogP contribution in [0.25, 0.3) is 0 Å². The Morgan fingerprint density at radius 2 is 2.12 bits per heavy atom. The minimum Gasteiger partial charge on any atom is -0.495 e. The maximum Gasteiger partial charge on any atom is 0.166 e. The normalized spacial score (nSPS) is 16.1. The van der Waals surface area contributed by atoms with Gasteiger partial charge in [0.05, 0.1) is 20.8 Å². The van der Waals surface area contributed by atoms with Crippen LogP contribution in [0, 0.1) is 0 Å². The Balaban J connectivity index is 2.36. The van der Waals surface area contributed by atoms with Gasteiger partial charge in [0.1, 0.15) is 11.9 Å². The summed E-state index contributed by atoms with van der Waals surface area (Å²) in [4.78, 5) is 0. The molecule has 1 heterocycles. The first-order valence-electron chi connectivity index (χ1n) is 5.49. The molecule has 1 atom stereocenters. The molecule has 1 aliphatic rings. The van der Waals surface area contributed by atoms with Gasteiger partial charge in [-0.1, -0.05) is 12.1 Å². The molecule has 92 valence electrons. The summed E-state index contributed by atoms with van der Waals surface area (Å²) in [5, 5.41) is 10.2. The summed E-state index contributed by atoms with van der Waals surface area (Å²) in [7, 11) is 3.12. The lowest BCUT2D eigenvalue weighted by atomic mass is 10.1. The number of rotatable bonds is 4. The van der Waals surface area contributed by atoms with Crippen LogP contribution >= 0.6 is 0 Å². The second-order valence-electron chi connectivity index (χ2n) is 3.73. The van der Waals surface area contributed by atoms with E-state index in [0.29, 0.717) is 29.4 Å². The standard InChI is InChI=1S/C13H16O4/c1-15-11-6-3-5-9(13(11)16-2)12(14)10-7-4-8-17-10/h3,5-7,12,14H,4,8H2,1-2H3. The lowest BCUT2D eigenvalue weighted by Gasteiger charge is -2.17. The molecule has 0 spiro atoms. The van der Waals surface area contributed by atoms with E-state index in [0.717, 1.165) is 6.42 Å². The third-order valence-electron chi connectivity index (χ3n) is 2.73. The van der Waals surface area contributed by atoms with Crippen LogP contribution in [0.15, 0.2) is 30.0 Å². The molecule has 0 radical (unpaired) electrons. The predicted molar refractivity (Wildman–Crippen MR) is 63.2 cm³/mol. The second-order valence-corrected chi connectivity index (χ2v) is 3.73. The van der Waals surface area contributed by atoms with E-state index >= 15 is 0 Å². The van der Waals surface area contributed by atoms with Crippen LogP contribution < -0.4 is 9.47 Å². The Hall–Kier alpha value is -1.68. The van der Waals surface area contributed by atoms with E-state index in [1.807, 2.05) is 12.1 Å². The molecule has 0 fully saturated rings. The van der Waals surface area contributed by atoms with Crippen LogP contribution in [-0.2, 0) is 4.74 Å². The average Bonchev–Trinajstić information content (AvgIpc) is 2.90. The zero-order chi connectivity index (χ0) is 12.3. The number of hydrogen-bond acceptors (Lipinski definition) is 4. The van der Waals surface area contributed by atoms with Crippen LogP contribution in [0.1, 0.15) is 18.1 Å². The third kappa shape index (κ3) is 2.22. The summed E-state index contributed by atoms with van der Waals surface area (Å²) in [6.45, 7) is 0.624. The van der Waals surface area contributed by atoms with Gasteiger partial charge in [0.2, 0.25) is 0 Å². The van der Waals surface area contributed by atoms with E-state index in [2.05, 4.69) is 0 Å². The van der Waals surface area contributed by atoms with Gasteiger partial charge in [-0.3, -0.25) is 0 Å². The van der Waals surface area contributed by atoms with Gasteiger partial charge >= 0.3 is 0 Å². The van der Waals surface area contributed by atoms with Gasteiger partial charge in [0.25, 0.3) is 0 Å². The van der Waals surface area contributed by atoms with Crippen molar-refractivity contribution in [2.45, 2.75) is 12.5 Å². The molecule has 2 rings (SSSR count). The van der Waals surface area contributed by atoms with Crippen molar-refractivity contribution >= 4 is 0 Å². The summed E-state index contributed by atoms with van der Waals surface area (Å²) in [5.74, 6) is 1.72. The van der Waals surface area contributed by atoms with Gasteiger partial charge in [-0.15, -0.1) is 0 Å². The summed E-state index contributed by atoms with van der Waals surface area (Å²) in [6.07, 6.45) is 1.92. The minimum absolute atomic E-state index is 0.541. The number of benzene rings is 1. The Labute approximate surface area is 100 Å². The topological polar surface area (TPSA) is 47.9 Å². The van der Waals surface area contributed by atoms with Crippen LogP contribution in [0.2, 0.25) is 0 Å². The molecule has 1 unspecified atom stereocenters. The van der Waals surface area contributed by atoms with Crippen molar-refractivity contribution in [1.82, 2.24) is 0 Å². The van der Waals surface area contributed by atoms with Crippen LogP contribution in [0.5, 0.6) is 11.5 Å². The van der Waals surface area contributed by atoms with E-state index in [1.165, 1.54) is 0 Å². The fraction of sp³-hybridized carbons (Fsp3) is 0.385. The zero-order valence-corrected chi connectivity index (χ0v) is 9.97. The van der Waals surface area contributed by atoms with Gasteiger partial charge in [0.15, 0.2) is 11.5 Å². The predicted octanol–water partition coefficient (Wildman–Crippen LogP) is 2.04. The molecule has 0 aliphatic carbocycles. The summed E-state index contributed by atoms with van der Waals surface area (Å²) in [5.41, 5.74) is 0.653. The lowest BCUT2D eigenvalue weighted by molar-refractivity contribution is 0.116. The number of methoxy groups -OCH3 is 2. The molecular weight excluding hydrogens is 220 g/mol. The molecule has 1 N–H and O–H groups in total. The molecule has 0 bridgehead atoms. The van der Waals surface area contributed by atoms with Gasteiger partial charge in [-0.05, 0) is 12.1 Å². The number of ether oxygens (including phenoxy) is 3. The maximum absolute atomic E-state index is 10.2. The number of para-hydroxylation sites is 1. The van der Waals surface area contributed by atoms with Crippen molar-refractivity contribution in [1.29, 1.82) is 0 Å². The Morgan fingerprint density at radius 3 is 2.71 bits per heavy atom. The van der Waals surface area contributed by atoms with E-state index in [-0.39, 0.29) is 0 Å². The maximum atomic E-state index is 10.2. The number of hydrogen-bond donors (Lipinski definition) is 1. The molecule has 1 aromatic carbocycles. The van der Waals surface area contributed by atoms with E-state index in [4.69, 9.17) is 14.2 Å². The smallest absolute Gasteiger partial charge is 0.166 e. The molecule has 1 aromatic rings. The quantitative estimate of drug-likeness (QED) is 0.869. The molecule has 0 saturated carbocycles. The van der Waals surface area contributed by atoms with Crippen molar-refractivity contribution in [3.8, 4) is 11.5 Å². The minimum atomic E-state index is -0.803. The number of aliphatic hydroxyl groups is 1. The van der Waals surface area contributed by atoms with Gasteiger partial charge in [0, 0.05) is 12.0 Å². The monoisotopic (exact) mass is 236 g/mol. The van der Waals surface area contributed by atoms with E-state index < -0.39 is 6.10 Å². The third-order valence-corrected chi connectivity index (χ3v) is 2.73. The molecular formula is C13H16O4. The largest absolute Gasteiger partial charge is 0.495 e. The SMILES string of the molecule is COc1cccc(C(O)C2=CCCO2)c1OC. The average molecular weight is 236 g/mol. The Kier molecular flexibility index (Phi) is 3.54. The van der Waals surface area contributed by atoms with Crippen LogP contribution in [-0.4, -0.2) is 25.9 Å². The van der Waals surface area contributed by atoms with E-state index in [1.54, 1.807) is 26.4 Å². The number of aliphatic hydroxyl groups excluding tert-OH is 1. The molecule has 1 aliphatic heterocycles.